The van der Waals surface area contributed by atoms with Crippen LogP contribution in [-0.4, -0.2) is 41.5 Å². The fourth-order valence-corrected chi connectivity index (χ4v) is 2.78. The first-order chi connectivity index (χ1) is 9.20. The second-order valence-corrected chi connectivity index (χ2v) is 5.68. The highest BCUT2D eigenvalue weighted by Crippen LogP contribution is 2.20. The van der Waals surface area contributed by atoms with Gasteiger partial charge in [-0.1, -0.05) is 0 Å². The summed E-state index contributed by atoms with van der Waals surface area (Å²) in [6.45, 7) is 5.52. The first kappa shape index (κ1) is 12.5. The third-order valence-electron chi connectivity index (χ3n) is 4.03. The van der Waals surface area contributed by atoms with Crippen LogP contribution in [0.1, 0.15) is 18.7 Å². The van der Waals surface area contributed by atoms with Crippen molar-refractivity contribution >= 4 is 16.7 Å². The number of rotatable bonds is 3. The molecular weight excluding hydrogens is 236 g/mol. The molecule has 0 aliphatic carbocycles. The summed E-state index contributed by atoms with van der Waals surface area (Å²) in [4.78, 5) is 10.1. The van der Waals surface area contributed by atoms with Crippen LogP contribution in [-0.2, 0) is 0 Å². The van der Waals surface area contributed by atoms with Gasteiger partial charge < -0.3 is 15.2 Å². The van der Waals surface area contributed by atoms with Gasteiger partial charge in [-0.2, -0.15) is 0 Å². The summed E-state index contributed by atoms with van der Waals surface area (Å²) in [5, 5.41) is 3.56. The number of aromatic amines is 1. The monoisotopic (exact) mass is 258 g/mol. The van der Waals surface area contributed by atoms with Crippen LogP contribution in [0.15, 0.2) is 18.2 Å². The molecule has 19 heavy (non-hydrogen) atoms. The number of piperidine rings is 1. The van der Waals surface area contributed by atoms with E-state index in [1.165, 1.54) is 31.6 Å². The maximum absolute atomic E-state index is 4.42. The molecule has 1 fully saturated rings. The second-order valence-electron chi connectivity index (χ2n) is 5.68. The van der Waals surface area contributed by atoms with E-state index in [2.05, 4.69) is 45.4 Å². The van der Waals surface area contributed by atoms with Gasteiger partial charge in [0, 0.05) is 12.2 Å². The molecule has 0 radical (unpaired) electrons. The number of nitrogens with zero attached hydrogens (tertiary/aromatic N) is 2. The maximum atomic E-state index is 4.42. The van der Waals surface area contributed by atoms with Crippen molar-refractivity contribution in [3.05, 3.63) is 24.0 Å². The van der Waals surface area contributed by atoms with E-state index in [1.807, 2.05) is 6.92 Å². The lowest BCUT2D eigenvalue weighted by Gasteiger charge is -2.29. The average molecular weight is 258 g/mol. The van der Waals surface area contributed by atoms with E-state index in [-0.39, 0.29) is 0 Å². The molecule has 2 aromatic rings. The average Bonchev–Trinajstić information content (AvgIpc) is 2.77. The Morgan fingerprint density at radius 3 is 2.95 bits per heavy atom. The van der Waals surface area contributed by atoms with Crippen molar-refractivity contribution in [1.29, 1.82) is 0 Å². The van der Waals surface area contributed by atoms with Crippen LogP contribution in [0.2, 0.25) is 0 Å². The quantitative estimate of drug-likeness (QED) is 0.889. The minimum absolute atomic E-state index is 0.801. The Morgan fingerprint density at radius 1 is 1.37 bits per heavy atom. The van der Waals surface area contributed by atoms with Crippen molar-refractivity contribution in [2.24, 2.45) is 5.92 Å². The summed E-state index contributed by atoms with van der Waals surface area (Å²) in [5.41, 5.74) is 3.35. The predicted octanol–water partition coefficient (Wildman–Crippen LogP) is 2.63. The predicted molar refractivity (Wildman–Crippen MR) is 79.5 cm³/mol. The molecule has 2 N–H and O–H groups in total. The van der Waals surface area contributed by atoms with E-state index in [1.54, 1.807) is 0 Å². The Labute approximate surface area is 114 Å². The number of hydrogen-bond donors (Lipinski definition) is 2. The van der Waals surface area contributed by atoms with E-state index >= 15 is 0 Å². The zero-order valence-electron chi connectivity index (χ0n) is 11.7. The number of aryl methyl sites for hydroxylation is 1. The third-order valence-corrected chi connectivity index (χ3v) is 4.03. The van der Waals surface area contributed by atoms with Crippen LogP contribution in [0.3, 0.4) is 0 Å². The fourth-order valence-electron chi connectivity index (χ4n) is 2.78. The maximum Gasteiger partial charge on any atom is 0.104 e. The number of likely N-dealkylation sites (tertiary alicyclic amines) is 1. The summed E-state index contributed by atoms with van der Waals surface area (Å²) in [7, 11) is 2.21. The van der Waals surface area contributed by atoms with Gasteiger partial charge in [-0.25, -0.2) is 4.98 Å². The van der Waals surface area contributed by atoms with Crippen molar-refractivity contribution in [3.63, 3.8) is 0 Å². The fraction of sp³-hybridized carbons (Fsp3) is 0.533. The van der Waals surface area contributed by atoms with Gasteiger partial charge in [0.05, 0.1) is 11.0 Å². The van der Waals surface area contributed by atoms with Gasteiger partial charge in [-0.15, -0.1) is 0 Å². The molecule has 1 aliphatic heterocycles. The van der Waals surface area contributed by atoms with Crippen LogP contribution >= 0.6 is 0 Å². The van der Waals surface area contributed by atoms with Gasteiger partial charge in [-0.05, 0) is 64.0 Å². The van der Waals surface area contributed by atoms with E-state index in [9.17, 15) is 0 Å². The SMILES string of the molecule is Cc1nc2ccc(NCC3CCN(C)CC3)cc2[nH]1. The number of hydrogen-bond acceptors (Lipinski definition) is 3. The van der Waals surface area contributed by atoms with Crippen molar-refractivity contribution in [2.75, 3.05) is 32.0 Å². The lowest BCUT2D eigenvalue weighted by Crippen LogP contribution is -2.32. The summed E-state index contributed by atoms with van der Waals surface area (Å²) < 4.78 is 0. The molecule has 1 saturated heterocycles. The van der Waals surface area contributed by atoms with Crippen molar-refractivity contribution < 1.29 is 0 Å². The number of imidazole rings is 1. The van der Waals surface area contributed by atoms with Crippen LogP contribution < -0.4 is 5.32 Å². The molecule has 4 heteroatoms. The Kier molecular flexibility index (Phi) is 3.42. The minimum atomic E-state index is 0.801. The summed E-state index contributed by atoms with van der Waals surface area (Å²) >= 11 is 0. The Balaban J connectivity index is 1.61. The molecule has 2 heterocycles. The van der Waals surface area contributed by atoms with Gasteiger partial charge in [-0.3, -0.25) is 0 Å². The normalized spacial score (nSPS) is 18.0. The van der Waals surface area contributed by atoms with E-state index < -0.39 is 0 Å². The Hall–Kier alpha value is -1.55. The zero-order valence-corrected chi connectivity index (χ0v) is 11.7. The van der Waals surface area contributed by atoms with E-state index in [4.69, 9.17) is 0 Å². The van der Waals surface area contributed by atoms with Crippen molar-refractivity contribution in [2.45, 2.75) is 19.8 Å². The number of benzene rings is 1. The zero-order chi connectivity index (χ0) is 13.2. The molecule has 0 amide bonds. The standard InChI is InChI=1S/C15H22N4/c1-11-17-14-4-3-13(9-15(14)18-11)16-10-12-5-7-19(2)8-6-12/h3-4,9,12,16H,5-8,10H2,1-2H3,(H,17,18). The van der Waals surface area contributed by atoms with Crippen LogP contribution in [0.4, 0.5) is 5.69 Å². The van der Waals surface area contributed by atoms with Crippen LogP contribution in [0.25, 0.3) is 11.0 Å². The Morgan fingerprint density at radius 2 is 2.16 bits per heavy atom. The molecule has 0 saturated carbocycles. The lowest BCUT2D eigenvalue weighted by molar-refractivity contribution is 0.226. The highest BCUT2D eigenvalue weighted by molar-refractivity contribution is 5.79. The van der Waals surface area contributed by atoms with Gasteiger partial charge in [0.25, 0.3) is 0 Å². The van der Waals surface area contributed by atoms with E-state index in [0.717, 1.165) is 29.3 Å². The largest absolute Gasteiger partial charge is 0.385 e. The van der Waals surface area contributed by atoms with Crippen molar-refractivity contribution in [1.82, 2.24) is 14.9 Å². The summed E-state index contributed by atoms with van der Waals surface area (Å²) in [5.74, 6) is 1.78. The van der Waals surface area contributed by atoms with Crippen LogP contribution in [0, 0.1) is 12.8 Å². The topological polar surface area (TPSA) is 44.0 Å². The molecule has 1 aromatic heterocycles. The number of nitrogens with one attached hydrogen (secondary N) is 2. The number of H-pyrrole nitrogens is 1. The lowest BCUT2D eigenvalue weighted by atomic mass is 9.97. The second kappa shape index (κ2) is 5.21. The Bertz CT molecular complexity index is 552. The van der Waals surface area contributed by atoms with Gasteiger partial charge in [0.15, 0.2) is 0 Å². The minimum Gasteiger partial charge on any atom is -0.385 e. The third kappa shape index (κ3) is 2.89. The molecule has 102 valence electrons. The number of fused-ring (bicyclic) bond motifs is 1. The highest BCUT2D eigenvalue weighted by atomic mass is 15.1. The highest BCUT2D eigenvalue weighted by Gasteiger charge is 2.16. The first-order valence-corrected chi connectivity index (χ1v) is 7.09. The molecule has 0 spiro atoms. The molecule has 1 aliphatic rings. The van der Waals surface area contributed by atoms with Crippen LogP contribution in [0.5, 0.6) is 0 Å². The molecule has 4 nitrogen and oxygen atoms in total. The molecule has 1 aromatic carbocycles. The first-order valence-electron chi connectivity index (χ1n) is 7.09. The molecular formula is C15H22N4. The summed E-state index contributed by atoms with van der Waals surface area (Å²) in [6.07, 6.45) is 2.60. The molecule has 0 bridgehead atoms. The van der Waals surface area contributed by atoms with E-state index in [0.29, 0.717) is 0 Å². The van der Waals surface area contributed by atoms with Crippen molar-refractivity contribution in [3.8, 4) is 0 Å². The smallest absolute Gasteiger partial charge is 0.104 e. The van der Waals surface area contributed by atoms with Gasteiger partial charge >= 0.3 is 0 Å². The number of aromatic nitrogens is 2. The number of anilines is 1. The summed E-state index contributed by atoms with van der Waals surface area (Å²) in [6, 6.07) is 6.36. The molecule has 3 rings (SSSR count). The van der Waals surface area contributed by atoms with Gasteiger partial charge in [0.2, 0.25) is 0 Å². The molecule has 0 unspecified atom stereocenters. The van der Waals surface area contributed by atoms with Gasteiger partial charge in [0.1, 0.15) is 5.82 Å². The molecule has 0 atom stereocenters.